The number of hydrogen-bond acceptors (Lipinski definition) is 0. The predicted molar refractivity (Wildman–Crippen MR) is 13.0 cm³/mol. The van der Waals surface area contributed by atoms with Crippen molar-refractivity contribution in [3.8, 4) is 0 Å². The van der Waals surface area contributed by atoms with E-state index in [-0.39, 0.29) is 107 Å². The van der Waals surface area contributed by atoms with Gasteiger partial charge in [0, 0.05) is 72.6 Å². The fraction of sp³-hybridized carbons (Fsp3) is 0. The second-order valence-electron chi connectivity index (χ2n) is 0.111. The Kier molecular flexibility index (Phi) is 82.8. The van der Waals surface area contributed by atoms with Gasteiger partial charge in [0.15, 0.2) is 0 Å². The van der Waals surface area contributed by atoms with Gasteiger partial charge in [-0.1, -0.05) is 0 Å². The predicted octanol–water partition coefficient (Wildman–Crippen LogP) is 0.762. The summed E-state index contributed by atoms with van der Waals surface area (Å²) >= 11 is -4.44. The van der Waals surface area contributed by atoms with Gasteiger partial charge in [-0.3, -0.25) is 4.70 Å². The summed E-state index contributed by atoms with van der Waals surface area (Å²) < 4.78 is 29.3. The van der Waals surface area contributed by atoms with Gasteiger partial charge in [0.05, 0.1) is 0 Å². The molecular formula is H2F4GdLuNaY. The number of hydrogen-bond donors (Lipinski definition) is 0. The molecule has 8 heteroatoms. The fourth-order valence-corrected chi connectivity index (χ4v) is 0. The van der Waals surface area contributed by atoms with Crippen molar-refractivity contribution in [1.82, 2.24) is 0 Å². The van der Waals surface area contributed by atoms with E-state index in [1.54, 1.807) is 0 Å². The standard InChI is InChI=1S/4FH.Gd.Lu.Na.Y.H/h4*1H;;;;;/q;;;;;+3;;;/p-3. The van der Waals surface area contributed by atoms with Crippen molar-refractivity contribution in [2.75, 3.05) is 0 Å². The molecule has 0 saturated carbocycles. The van der Waals surface area contributed by atoms with Gasteiger partial charge in [0.2, 0.25) is 0 Å². The van der Waals surface area contributed by atoms with E-state index in [1.165, 1.54) is 0 Å². The summed E-state index contributed by atoms with van der Waals surface area (Å²) in [5.41, 5.74) is 0. The van der Waals surface area contributed by atoms with Crippen molar-refractivity contribution in [3.05, 3.63) is 0 Å². The average molecular weight is 522 g/mol. The zero-order valence-corrected chi connectivity index (χ0v) is 9.49. The first-order chi connectivity index (χ1) is 1.73. The topological polar surface area (TPSA) is 0 Å². The molecule has 0 rings (SSSR count). The summed E-state index contributed by atoms with van der Waals surface area (Å²) in [5, 5.41) is 0. The van der Waals surface area contributed by atoms with Crippen LogP contribution in [0.25, 0.3) is 0 Å². The van der Waals surface area contributed by atoms with Crippen LogP contribution in [0.15, 0.2) is 0 Å². The maximum atomic E-state index is 9.78. The molecule has 1 radical (unpaired) electrons. The van der Waals surface area contributed by atoms with Crippen LogP contribution >= 0.6 is 0 Å². The van der Waals surface area contributed by atoms with Crippen LogP contribution in [0.5, 0.6) is 0 Å². The Labute approximate surface area is 140 Å². The quantitative estimate of drug-likeness (QED) is 0.326. The minimum absolute atomic E-state index is 0. The van der Waals surface area contributed by atoms with Crippen LogP contribution in [0.2, 0.25) is 0 Å². The first-order valence-electron chi connectivity index (χ1n) is 0.293. The van der Waals surface area contributed by atoms with E-state index in [9.17, 15) is 4.39 Å². The van der Waals surface area contributed by atoms with Crippen molar-refractivity contribution in [2.24, 2.45) is 0 Å². The average Bonchev–Trinajstić information content (AvgIpc) is 0.811. The normalized spacial score (nSPS) is 5.62. The Hall–Kier alpha value is 4.38. The Bertz CT molecular complexity index is 20.8. The molecule has 0 atom stereocenters. The number of halogens is 4. The summed E-state index contributed by atoms with van der Waals surface area (Å²) in [5.74, 6) is 0. The van der Waals surface area contributed by atoms with Crippen molar-refractivity contribution in [1.29, 1.82) is 0 Å². The van der Waals surface area contributed by atoms with Crippen LogP contribution in [0.3, 0.4) is 0 Å². The molecule has 0 spiro atoms. The molecule has 0 aromatic rings. The molecule has 0 N–H and O–H groups in total. The van der Waals surface area contributed by atoms with Gasteiger partial charge in [-0.2, -0.15) is 0 Å². The largest absolute Gasteiger partial charge is 0 e. The van der Waals surface area contributed by atoms with E-state index >= 15 is 0 Å². The maximum absolute atomic E-state index is 9.78. The van der Waals surface area contributed by atoms with Crippen molar-refractivity contribution in [3.63, 3.8) is 0 Å². The third-order valence-electron chi connectivity index (χ3n) is 0. The summed E-state index contributed by atoms with van der Waals surface area (Å²) in [6.45, 7) is 0. The molecule has 0 nitrogen and oxygen atoms in total. The van der Waals surface area contributed by atoms with Gasteiger partial charge in [0.1, 0.15) is 0 Å². The van der Waals surface area contributed by atoms with Gasteiger partial charge in [0.25, 0.3) is 0 Å². The minimum atomic E-state index is -4.44. The molecule has 0 amide bonds. The molecule has 0 unspecified atom stereocenters. The van der Waals surface area contributed by atoms with Crippen molar-refractivity contribution >= 4 is 29.6 Å². The molecule has 0 aliphatic heterocycles. The number of rotatable bonds is 0. The van der Waals surface area contributed by atoms with Crippen molar-refractivity contribution in [2.45, 2.75) is 0 Å². The molecule has 0 fully saturated rings. The van der Waals surface area contributed by atoms with E-state index in [4.69, 9.17) is 0 Å². The third-order valence-corrected chi connectivity index (χ3v) is 0. The molecule has 8 heavy (non-hydrogen) atoms. The molecule has 0 heterocycles. The Balaban J connectivity index is -0.00000000750. The maximum Gasteiger partial charge on any atom is 0 e. The summed E-state index contributed by atoms with van der Waals surface area (Å²) in [6.07, 6.45) is 0. The van der Waals surface area contributed by atoms with Gasteiger partial charge in [-0.05, 0) is 0 Å². The Morgan fingerprint density at radius 3 is 1.00 bits per heavy atom. The molecule has 0 saturated heterocycles. The van der Waals surface area contributed by atoms with Crippen LogP contribution in [0.1, 0.15) is 0 Å². The van der Waals surface area contributed by atoms with Crippen LogP contribution < -0.4 is 0 Å². The first-order valence-corrected chi connectivity index (χ1v) is 2.17. The monoisotopic (exact) mass is 523 g/mol. The van der Waals surface area contributed by atoms with E-state index in [2.05, 4.69) is 0 Å². The zero-order chi connectivity index (χ0) is 3.58. The molecule has 0 aromatic carbocycles. The Morgan fingerprint density at radius 2 is 1.00 bits per heavy atom. The second kappa shape index (κ2) is 22.5. The first kappa shape index (κ1) is 29.4. The SMILES string of the molecule is F.[F][Lu]([F])[F].[Gd].[NaH].[Y]. The smallest absolute Gasteiger partial charge is 0 e. The zero-order valence-electron chi connectivity index (χ0n) is 2.73. The molecule has 0 aliphatic carbocycles. The van der Waals surface area contributed by atoms with Crippen LogP contribution in [0, 0.1) is 73.4 Å². The van der Waals surface area contributed by atoms with E-state index in [1.807, 2.05) is 0 Å². The second-order valence-corrected chi connectivity index (χ2v) is 0.821. The Morgan fingerprint density at radius 1 is 1.00 bits per heavy atom. The van der Waals surface area contributed by atoms with Gasteiger partial charge in [-0.15, -0.1) is 0 Å². The molecule has 0 aromatic heterocycles. The summed E-state index contributed by atoms with van der Waals surface area (Å²) in [7, 11) is 0. The van der Waals surface area contributed by atoms with Gasteiger partial charge >= 0.3 is 67.4 Å². The van der Waals surface area contributed by atoms with Crippen LogP contribution in [-0.4, -0.2) is 29.6 Å². The minimum Gasteiger partial charge on any atom is 0 e. The summed E-state index contributed by atoms with van der Waals surface area (Å²) in [6, 6.07) is 0. The fourth-order valence-electron chi connectivity index (χ4n) is 0. The third kappa shape index (κ3) is 47.6. The van der Waals surface area contributed by atoms with E-state index < -0.39 is 33.4 Å². The molecule has 57 valence electrons. The molecule has 0 bridgehead atoms. The van der Waals surface area contributed by atoms with Crippen molar-refractivity contribution < 1.29 is 115 Å². The van der Waals surface area contributed by atoms with E-state index in [0.717, 1.165) is 0 Å². The molecular weight excluding hydrogens is 520 g/mol. The van der Waals surface area contributed by atoms with Gasteiger partial charge < -0.3 is 0 Å². The van der Waals surface area contributed by atoms with E-state index in [0.29, 0.717) is 0 Å². The van der Waals surface area contributed by atoms with Gasteiger partial charge in [-0.25, -0.2) is 0 Å². The molecule has 0 aliphatic rings. The summed E-state index contributed by atoms with van der Waals surface area (Å²) in [4.78, 5) is 0. The van der Waals surface area contributed by atoms with Crippen LogP contribution in [-0.2, 0) is 32.7 Å². The van der Waals surface area contributed by atoms with Crippen LogP contribution in [0.4, 0.5) is 9.09 Å².